The first-order valence-electron chi connectivity index (χ1n) is 4.34. The van der Waals surface area contributed by atoms with Crippen molar-refractivity contribution >= 4 is 24.1 Å². The van der Waals surface area contributed by atoms with E-state index >= 15 is 0 Å². The molecular weight excluding hydrogens is 281 g/mol. The summed E-state index contributed by atoms with van der Waals surface area (Å²) in [5, 5.41) is 10.5. The van der Waals surface area contributed by atoms with Crippen LogP contribution in [0.2, 0.25) is 0 Å². The predicted octanol–water partition coefficient (Wildman–Crippen LogP) is -1.56. The van der Waals surface area contributed by atoms with E-state index in [9.17, 15) is 27.9 Å². The van der Waals surface area contributed by atoms with Crippen LogP contribution in [0.1, 0.15) is 10.4 Å². The Kier molecular flexibility index (Phi) is 6.51. The van der Waals surface area contributed by atoms with Gasteiger partial charge in [0, 0.05) is 6.07 Å². The summed E-state index contributed by atoms with van der Waals surface area (Å²) in [6.07, 6.45) is 0. The van der Waals surface area contributed by atoms with Gasteiger partial charge in [-0.3, -0.25) is 10.1 Å². The summed E-state index contributed by atoms with van der Waals surface area (Å²) in [5.74, 6) is -0.936. The topological polar surface area (TPSA) is 69.4 Å². The number of nitro benzene ring substituents is 1. The van der Waals surface area contributed by atoms with Crippen molar-refractivity contribution in [3.63, 3.8) is 0 Å². The number of nitro groups is 1. The molecule has 0 bridgehead atoms. The van der Waals surface area contributed by atoms with Gasteiger partial charge in [0.05, 0.1) is 17.6 Å². The summed E-state index contributed by atoms with van der Waals surface area (Å²) >= 11 is 0. The zero-order chi connectivity index (χ0) is 13.2. The van der Waals surface area contributed by atoms with Crippen molar-refractivity contribution in [1.82, 2.24) is 0 Å². The molecule has 0 saturated heterocycles. The maximum absolute atomic E-state index is 12.5. The van der Waals surface area contributed by atoms with Gasteiger partial charge >= 0.3 is 64.3 Å². The molecule has 0 aromatic heterocycles. The number of esters is 1. The Hall–Kier alpha value is -0.419. The Morgan fingerprint density at radius 3 is 2.33 bits per heavy atom. The van der Waals surface area contributed by atoms with Gasteiger partial charge in [0.1, 0.15) is 0 Å². The first-order chi connectivity index (χ1) is 7.77. The van der Waals surface area contributed by atoms with Crippen LogP contribution in [0.3, 0.4) is 0 Å². The molecule has 0 aliphatic carbocycles. The normalized spacial score (nSPS) is 10.4. The Morgan fingerprint density at radius 1 is 1.39 bits per heavy atom. The molecule has 0 saturated carbocycles. The fraction of sp³-hybridized carbons (Fsp3) is 0.125. The smallest absolute Gasteiger partial charge is 0.465 e. The second-order valence-electron chi connectivity index (χ2n) is 3.10. The van der Waals surface area contributed by atoms with E-state index in [1.165, 1.54) is 0 Å². The van der Waals surface area contributed by atoms with Gasteiger partial charge in [0.25, 0.3) is 0 Å². The van der Waals surface area contributed by atoms with Gasteiger partial charge in [-0.15, -0.1) is 0 Å². The fourth-order valence-electron chi connectivity index (χ4n) is 1.22. The minimum atomic E-state index is -5.50. The molecule has 18 heavy (non-hydrogen) atoms. The van der Waals surface area contributed by atoms with Gasteiger partial charge < -0.3 is 17.7 Å². The first-order valence-corrected chi connectivity index (χ1v) is 4.34. The van der Waals surface area contributed by atoms with Crippen molar-refractivity contribution in [2.24, 2.45) is 0 Å². The number of hydrogen-bond acceptors (Lipinski definition) is 4. The van der Waals surface area contributed by atoms with Gasteiger partial charge in [-0.2, -0.15) is 0 Å². The van der Waals surface area contributed by atoms with Crippen LogP contribution < -0.4 is 56.8 Å². The molecule has 1 rings (SSSR count). The number of halogens is 3. The molecule has 0 heterocycles. The molecule has 0 unspecified atom stereocenters. The van der Waals surface area contributed by atoms with Gasteiger partial charge in [0.2, 0.25) is 5.69 Å². The number of methoxy groups -OCH3 is 1. The maximum Gasteiger partial charge on any atom is 1.00 e. The molecule has 1 aromatic carbocycles. The van der Waals surface area contributed by atoms with Crippen LogP contribution in [0.4, 0.5) is 18.6 Å². The number of rotatable bonds is 3. The SMILES string of the molecule is COC(=O)c1ccc([B-](F)(F)F)c([N+](=O)[O-])c1.[K+]. The molecule has 0 N–H and O–H groups in total. The summed E-state index contributed by atoms with van der Waals surface area (Å²) in [4.78, 5) is 20.3. The molecule has 1 aromatic rings. The second kappa shape index (κ2) is 6.66. The quantitative estimate of drug-likeness (QED) is 0.292. The van der Waals surface area contributed by atoms with Gasteiger partial charge in [-0.05, 0) is 5.46 Å². The molecule has 0 atom stereocenters. The summed E-state index contributed by atoms with van der Waals surface area (Å²) in [5.41, 5.74) is -2.80. The number of carbonyl (C=O) groups is 1. The summed E-state index contributed by atoms with van der Waals surface area (Å²) in [6.45, 7) is -5.50. The third kappa shape index (κ3) is 4.06. The average molecular weight is 287 g/mol. The number of nitrogens with zero attached hydrogens (tertiary/aromatic N) is 1. The Morgan fingerprint density at radius 2 is 1.94 bits per heavy atom. The number of carbonyl (C=O) groups excluding carboxylic acids is 1. The number of ether oxygens (including phenoxy) is 1. The van der Waals surface area contributed by atoms with Crippen molar-refractivity contribution in [1.29, 1.82) is 0 Å². The van der Waals surface area contributed by atoms with Crippen molar-refractivity contribution < 1.29 is 78.8 Å². The summed E-state index contributed by atoms with van der Waals surface area (Å²) in [6, 6.07) is 1.89. The van der Waals surface area contributed by atoms with Crippen LogP contribution in [0.5, 0.6) is 0 Å². The molecule has 0 fully saturated rings. The van der Waals surface area contributed by atoms with Crippen LogP contribution >= 0.6 is 0 Å². The minimum Gasteiger partial charge on any atom is -0.465 e. The van der Waals surface area contributed by atoms with E-state index in [2.05, 4.69) is 4.74 Å². The monoisotopic (exact) mass is 287 g/mol. The molecule has 0 spiro atoms. The predicted molar refractivity (Wildman–Crippen MR) is 53.1 cm³/mol. The van der Waals surface area contributed by atoms with Gasteiger partial charge in [-0.25, -0.2) is 4.79 Å². The van der Waals surface area contributed by atoms with Crippen molar-refractivity contribution in [2.45, 2.75) is 0 Å². The minimum absolute atomic E-state index is 0. The number of hydrogen-bond donors (Lipinski definition) is 0. The van der Waals surface area contributed by atoms with Crippen LogP contribution in [-0.4, -0.2) is 25.0 Å². The third-order valence-electron chi connectivity index (χ3n) is 2.00. The van der Waals surface area contributed by atoms with E-state index in [-0.39, 0.29) is 56.9 Å². The molecule has 0 amide bonds. The zero-order valence-corrected chi connectivity index (χ0v) is 12.6. The average Bonchev–Trinajstić information content (AvgIpc) is 2.25. The zero-order valence-electron chi connectivity index (χ0n) is 9.52. The standard InChI is InChI=1S/C8H6BF3NO4.K/c1-17-8(14)5-2-3-6(9(10,11)12)7(4-5)13(15)16;/h2-4H,1H3;/q-1;+1. The van der Waals surface area contributed by atoms with Crippen molar-refractivity contribution in [3.8, 4) is 0 Å². The molecule has 10 heteroatoms. The van der Waals surface area contributed by atoms with Gasteiger partial charge in [0.15, 0.2) is 0 Å². The van der Waals surface area contributed by atoms with Gasteiger partial charge in [-0.1, -0.05) is 12.1 Å². The van der Waals surface area contributed by atoms with Crippen LogP contribution in [0, 0.1) is 10.1 Å². The largest absolute Gasteiger partial charge is 1.00 e. The maximum atomic E-state index is 12.5. The van der Waals surface area contributed by atoms with E-state index in [0.29, 0.717) is 12.1 Å². The molecule has 92 valence electrons. The molecule has 0 radical (unpaired) electrons. The summed E-state index contributed by atoms with van der Waals surface area (Å²) < 4.78 is 41.7. The van der Waals surface area contributed by atoms with Crippen molar-refractivity contribution in [3.05, 3.63) is 33.9 Å². The van der Waals surface area contributed by atoms with Crippen molar-refractivity contribution in [2.75, 3.05) is 7.11 Å². The molecule has 5 nitrogen and oxygen atoms in total. The van der Waals surface area contributed by atoms with E-state index in [4.69, 9.17) is 0 Å². The Bertz CT molecular complexity index is 480. The van der Waals surface area contributed by atoms with E-state index in [1.54, 1.807) is 0 Å². The van der Waals surface area contributed by atoms with Crippen LogP contribution in [0.25, 0.3) is 0 Å². The number of benzene rings is 1. The Balaban J connectivity index is 0.00000289. The third-order valence-corrected chi connectivity index (χ3v) is 2.00. The Labute approximate surface area is 142 Å². The fourth-order valence-corrected chi connectivity index (χ4v) is 1.22. The summed E-state index contributed by atoms with van der Waals surface area (Å²) in [7, 11) is 1.02. The van der Waals surface area contributed by atoms with E-state index in [0.717, 1.165) is 13.2 Å². The van der Waals surface area contributed by atoms with Crippen LogP contribution in [-0.2, 0) is 4.74 Å². The van der Waals surface area contributed by atoms with Crippen LogP contribution in [0.15, 0.2) is 18.2 Å². The molecular formula is C8H6BF3KNO4. The first kappa shape index (κ1) is 17.6. The van der Waals surface area contributed by atoms with E-state index < -0.39 is 29.0 Å². The molecule has 0 aliphatic rings. The second-order valence-corrected chi connectivity index (χ2v) is 3.10. The molecule has 0 aliphatic heterocycles. The van der Waals surface area contributed by atoms with E-state index in [1.807, 2.05) is 0 Å².